The average molecular weight is 317 g/mol. The summed E-state index contributed by atoms with van der Waals surface area (Å²) >= 11 is 3.09. The van der Waals surface area contributed by atoms with E-state index in [9.17, 15) is 14.7 Å². The third kappa shape index (κ3) is 3.11. The van der Waals surface area contributed by atoms with Crippen LogP contribution >= 0.6 is 15.9 Å². The van der Waals surface area contributed by atoms with E-state index in [1.807, 2.05) is 0 Å². The number of halogens is 1. The molecule has 1 fully saturated rings. The van der Waals surface area contributed by atoms with E-state index in [0.717, 1.165) is 0 Å². The number of hydrogen-bond acceptors (Lipinski definition) is 4. The number of aliphatic hydroxyl groups excluding tert-OH is 1. The van der Waals surface area contributed by atoms with Gasteiger partial charge in [-0.1, -0.05) is 0 Å². The van der Waals surface area contributed by atoms with Gasteiger partial charge in [0.05, 0.1) is 12.6 Å². The van der Waals surface area contributed by atoms with E-state index in [1.165, 1.54) is 11.0 Å². The molecule has 2 heterocycles. The van der Waals surface area contributed by atoms with E-state index in [4.69, 9.17) is 4.42 Å². The summed E-state index contributed by atoms with van der Waals surface area (Å²) in [6, 6.07) is 3.12. The van der Waals surface area contributed by atoms with Crippen molar-refractivity contribution in [3.63, 3.8) is 0 Å². The van der Waals surface area contributed by atoms with Crippen LogP contribution in [0.2, 0.25) is 0 Å². The van der Waals surface area contributed by atoms with Crippen molar-refractivity contribution in [2.75, 3.05) is 19.6 Å². The van der Waals surface area contributed by atoms with Crippen LogP contribution in [0.25, 0.3) is 0 Å². The first-order chi connectivity index (χ1) is 8.56. The smallest absolute Gasteiger partial charge is 0.287 e. The monoisotopic (exact) mass is 316 g/mol. The van der Waals surface area contributed by atoms with Gasteiger partial charge in [0.25, 0.3) is 5.91 Å². The van der Waals surface area contributed by atoms with Crippen molar-refractivity contribution in [2.24, 2.45) is 0 Å². The highest BCUT2D eigenvalue weighted by Crippen LogP contribution is 2.13. The zero-order chi connectivity index (χ0) is 13.1. The maximum Gasteiger partial charge on any atom is 0.287 e. The third-order valence-corrected chi connectivity index (χ3v) is 3.14. The second-order valence-electron chi connectivity index (χ2n) is 4.07. The Bertz CT molecular complexity index is 460. The third-order valence-electron chi connectivity index (χ3n) is 2.71. The molecule has 1 aliphatic heterocycles. The van der Waals surface area contributed by atoms with Crippen LogP contribution in [0.3, 0.4) is 0 Å². The highest BCUT2D eigenvalue weighted by Gasteiger charge is 2.24. The first-order valence-corrected chi connectivity index (χ1v) is 6.35. The number of furan rings is 1. The molecule has 0 spiro atoms. The molecular formula is C11H13BrN2O4. The minimum atomic E-state index is -0.453. The Kier molecular flexibility index (Phi) is 4.03. The van der Waals surface area contributed by atoms with Crippen molar-refractivity contribution < 1.29 is 19.1 Å². The minimum absolute atomic E-state index is 0.0934. The molecule has 1 aliphatic rings. The molecule has 1 atom stereocenters. The van der Waals surface area contributed by atoms with Gasteiger partial charge in [0, 0.05) is 13.1 Å². The standard InChI is InChI=1S/C11H13BrN2O4/c12-9-2-1-8(18-9)11(17)13-5-10(16)14-4-3-7(15)6-14/h1-2,7,15H,3-6H2,(H,13,17)/t7-/m0/s1. The normalized spacial score (nSPS) is 19.0. The molecule has 0 aromatic carbocycles. The van der Waals surface area contributed by atoms with Gasteiger partial charge in [-0.25, -0.2) is 0 Å². The van der Waals surface area contributed by atoms with Crippen molar-refractivity contribution in [1.82, 2.24) is 10.2 Å². The first kappa shape index (κ1) is 13.1. The fourth-order valence-corrected chi connectivity index (χ4v) is 2.07. The van der Waals surface area contributed by atoms with E-state index in [1.54, 1.807) is 6.07 Å². The predicted octanol–water partition coefficient (Wildman–Crippen LogP) is 0.365. The van der Waals surface area contributed by atoms with Gasteiger partial charge in [-0.3, -0.25) is 9.59 Å². The molecule has 7 heteroatoms. The molecule has 0 aliphatic carbocycles. The van der Waals surface area contributed by atoms with Crippen molar-refractivity contribution >= 4 is 27.7 Å². The topological polar surface area (TPSA) is 82.8 Å². The summed E-state index contributed by atoms with van der Waals surface area (Å²) in [5.74, 6) is -0.490. The van der Waals surface area contributed by atoms with Gasteiger partial charge in [-0.2, -0.15) is 0 Å². The number of aliphatic hydroxyl groups is 1. The number of β-amino-alcohol motifs (C(OH)–C–C–N with tert-alkyl or cyclic N) is 1. The molecule has 1 aromatic rings. The van der Waals surface area contributed by atoms with E-state index >= 15 is 0 Å². The van der Waals surface area contributed by atoms with Crippen molar-refractivity contribution in [3.05, 3.63) is 22.6 Å². The maximum absolute atomic E-state index is 11.7. The van der Waals surface area contributed by atoms with E-state index in [0.29, 0.717) is 24.2 Å². The number of rotatable bonds is 3. The number of nitrogens with one attached hydrogen (secondary N) is 1. The molecule has 1 saturated heterocycles. The molecular weight excluding hydrogens is 304 g/mol. The Morgan fingerprint density at radius 3 is 2.89 bits per heavy atom. The Morgan fingerprint density at radius 1 is 1.56 bits per heavy atom. The Hall–Kier alpha value is -1.34. The van der Waals surface area contributed by atoms with Gasteiger partial charge < -0.3 is 19.7 Å². The lowest BCUT2D eigenvalue weighted by Crippen LogP contribution is -2.39. The number of nitrogens with zero attached hydrogens (tertiary/aromatic N) is 1. The lowest BCUT2D eigenvalue weighted by atomic mass is 10.3. The van der Waals surface area contributed by atoms with E-state index in [-0.39, 0.29) is 18.2 Å². The molecule has 98 valence electrons. The largest absolute Gasteiger partial charge is 0.444 e. The van der Waals surface area contributed by atoms with Gasteiger partial charge in [-0.15, -0.1) is 0 Å². The highest BCUT2D eigenvalue weighted by atomic mass is 79.9. The molecule has 0 saturated carbocycles. The van der Waals surface area contributed by atoms with Gasteiger partial charge in [0.2, 0.25) is 5.91 Å². The quantitative estimate of drug-likeness (QED) is 0.843. The van der Waals surface area contributed by atoms with Crippen LogP contribution in [-0.4, -0.2) is 47.6 Å². The molecule has 18 heavy (non-hydrogen) atoms. The van der Waals surface area contributed by atoms with Gasteiger partial charge in [0.15, 0.2) is 10.4 Å². The summed E-state index contributed by atoms with van der Waals surface area (Å²) in [4.78, 5) is 24.8. The van der Waals surface area contributed by atoms with Gasteiger partial charge >= 0.3 is 0 Å². The minimum Gasteiger partial charge on any atom is -0.444 e. The SMILES string of the molecule is O=C(NCC(=O)N1CC[C@H](O)C1)c1ccc(Br)o1. The molecule has 1 aromatic heterocycles. The van der Waals surface area contributed by atoms with Gasteiger partial charge in [0.1, 0.15) is 0 Å². The van der Waals surface area contributed by atoms with E-state index in [2.05, 4.69) is 21.2 Å². The van der Waals surface area contributed by atoms with Gasteiger partial charge in [-0.05, 0) is 34.5 Å². The number of carbonyl (C=O) groups is 2. The molecule has 0 bridgehead atoms. The number of amides is 2. The van der Waals surface area contributed by atoms with Crippen molar-refractivity contribution in [3.8, 4) is 0 Å². The van der Waals surface area contributed by atoms with Crippen LogP contribution in [0, 0.1) is 0 Å². The zero-order valence-corrected chi connectivity index (χ0v) is 11.1. The van der Waals surface area contributed by atoms with Crippen LogP contribution in [0.15, 0.2) is 21.2 Å². The number of carbonyl (C=O) groups excluding carboxylic acids is 2. The molecule has 2 rings (SSSR count). The molecule has 2 amide bonds. The number of likely N-dealkylation sites (tertiary alicyclic amines) is 1. The fraction of sp³-hybridized carbons (Fsp3) is 0.455. The number of hydrogen-bond donors (Lipinski definition) is 2. The zero-order valence-electron chi connectivity index (χ0n) is 9.56. The summed E-state index contributed by atoms with van der Waals surface area (Å²) < 4.78 is 5.52. The Morgan fingerprint density at radius 2 is 2.33 bits per heavy atom. The second-order valence-corrected chi connectivity index (χ2v) is 4.85. The average Bonchev–Trinajstić information content (AvgIpc) is 2.94. The summed E-state index contributed by atoms with van der Waals surface area (Å²) in [6.45, 7) is 0.771. The fourth-order valence-electron chi connectivity index (χ4n) is 1.76. The Labute approximate surface area is 112 Å². The lowest BCUT2D eigenvalue weighted by Gasteiger charge is -2.15. The van der Waals surface area contributed by atoms with Crippen LogP contribution in [0.1, 0.15) is 17.0 Å². The van der Waals surface area contributed by atoms with Crippen molar-refractivity contribution in [2.45, 2.75) is 12.5 Å². The maximum atomic E-state index is 11.7. The van der Waals surface area contributed by atoms with Crippen LogP contribution in [-0.2, 0) is 4.79 Å². The van der Waals surface area contributed by atoms with Crippen LogP contribution < -0.4 is 5.32 Å². The van der Waals surface area contributed by atoms with Crippen molar-refractivity contribution in [1.29, 1.82) is 0 Å². The lowest BCUT2D eigenvalue weighted by molar-refractivity contribution is -0.129. The van der Waals surface area contributed by atoms with E-state index < -0.39 is 12.0 Å². The van der Waals surface area contributed by atoms with Crippen LogP contribution in [0.4, 0.5) is 0 Å². The molecule has 6 nitrogen and oxygen atoms in total. The molecule has 2 N–H and O–H groups in total. The second kappa shape index (κ2) is 5.53. The summed E-state index contributed by atoms with van der Waals surface area (Å²) in [5.41, 5.74) is 0. The predicted molar refractivity (Wildman–Crippen MR) is 65.9 cm³/mol. The Balaban J connectivity index is 1.81. The van der Waals surface area contributed by atoms with Crippen LogP contribution in [0.5, 0.6) is 0 Å². The molecule has 0 radical (unpaired) electrons. The summed E-state index contributed by atoms with van der Waals surface area (Å²) in [5, 5.41) is 11.8. The summed E-state index contributed by atoms with van der Waals surface area (Å²) in [6.07, 6.45) is 0.135. The first-order valence-electron chi connectivity index (χ1n) is 5.55. The highest BCUT2D eigenvalue weighted by molar-refractivity contribution is 9.10. The molecule has 0 unspecified atom stereocenters. The summed E-state index contributed by atoms with van der Waals surface area (Å²) in [7, 11) is 0.